The fourth-order valence-corrected chi connectivity index (χ4v) is 2.54. The minimum Gasteiger partial charge on any atom is -0.395 e. The molecule has 4 heteroatoms. The van der Waals surface area contributed by atoms with Crippen molar-refractivity contribution in [2.75, 3.05) is 19.7 Å². The molecule has 0 unspecified atom stereocenters. The van der Waals surface area contributed by atoms with Gasteiger partial charge in [0.25, 0.3) is 0 Å². The molecule has 0 aromatic heterocycles. The average molecular weight is 242 g/mol. The third-order valence-electron chi connectivity index (χ3n) is 3.76. The van der Waals surface area contributed by atoms with E-state index in [9.17, 15) is 4.79 Å². The number of nitrogens with two attached hydrogens (primary N) is 1. The van der Waals surface area contributed by atoms with Crippen molar-refractivity contribution in [3.05, 3.63) is 0 Å². The number of likely N-dealkylation sites (N-methyl/N-ethyl adjacent to an activating group) is 1. The lowest BCUT2D eigenvalue weighted by atomic mass is 9.84. The Bertz CT molecular complexity index is 225. The van der Waals surface area contributed by atoms with Gasteiger partial charge in [-0.3, -0.25) is 4.79 Å². The molecule has 0 bridgehead atoms. The van der Waals surface area contributed by atoms with Crippen LogP contribution < -0.4 is 5.73 Å². The average Bonchev–Trinajstić information content (AvgIpc) is 2.35. The highest BCUT2D eigenvalue weighted by molar-refractivity contribution is 5.76. The number of rotatable bonds is 6. The molecule has 0 heterocycles. The molecule has 0 spiro atoms. The van der Waals surface area contributed by atoms with Crippen molar-refractivity contribution in [1.82, 2.24) is 4.90 Å². The number of carbonyl (C=O) groups excluding carboxylic acids is 1. The number of amides is 1. The minimum absolute atomic E-state index is 0.0534. The van der Waals surface area contributed by atoms with E-state index >= 15 is 0 Å². The minimum atomic E-state index is 0.0534. The zero-order valence-electron chi connectivity index (χ0n) is 10.9. The SMILES string of the molecule is CCN(CCO)C(=O)CCC1CCC(N)CC1. The Labute approximate surface area is 104 Å². The Balaban J connectivity index is 2.22. The van der Waals surface area contributed by atoms with Gasteiger partial charge in [-0.05, 0) is 44.9 Å². The van der Waals surface area contributed by atoms with E-state index in [1.54, 1.807) is 4.90 Å². The van der Waals surface area contributed by atoms with Gasteiger partial charge in [0.15, 0.2) is 0 Å². The fourth-order valence-electron chi connectivity index (χ4n) is 2.54. The second-order valence-electron chi connectivity index (χ2n) is 5.02. The highest BCUT2D eigenvalue weighted by Gasteiger charge is 2.20. The summed E-state index contributed by atoms with van der Waals surface area (Å²) in [4.78, 5) is 13.6. The first-order valence-corrected chi connectivity index (χ1v) is 6.81. The number of aliphatic hydroxyl groups excluding tert-OH is 1. The number of carbonyl (C=O) groups is 1. The van der Waals surface area contributed by atoms with Gasteiger partial charge in [0.05, 0.1) is 6.61 Å². The van der Waals surface area contributed by atoms with E-state index < -0.39 is 0 Å². The van der Waals surface area contributed by atoms with Crippen molar-refractivity contribution >= 4 is 5.91 Å². The maximum Gasteiger partial charge on any atom is 0.222 e. The molecule has 0 atom stereocenters. The maximum absolute atomic E-state index is 11.9. The van der Waals surface area contributed by atoms with E-state index in [0.29, 0.717) is 31.5 Å². The van der Waals surface area contributed by atoms with E-state index in [1.165, 1.54) is 12.8 Å². The monoisotopic (exact) mass is 242 g/mol. The van der Waals surface area contributed by atoms with Crippen LogP contribution >= 0.6 is 0 Å². The molecule has 0 aromatic carbocycles. The molecule has 4 nitrogen and oxygen atoms in total. The summed E-state index contributed by atoms with van der Waals surface area (Å²) in [7, 11) is 0. The molecule has 0 saturated heterocycles. The summed E-state index contributed by atoms with van der Waals surface area (Å²) in [5.74, 6) is 0.850. The van der Waals surface area contributed by atoms with Crippen LogP contribution in [0.3, 0.4) is 0 Å². The van der Waals surface area contributed by atoms with Crippen LogP contribution in [0.2, 0.25) is 0 Å². The summed E-state index contributed by atoms with van der Waals surface area (Å²) < 4.78 is 0. The van der Waals surface area contributed by atoms with E-state index in [-0.39, 0.29) is 12.5 Å². The van der Waals surface area contributed by atoms with Gasteiger partial charge in [0.2, 0.25) is 5.91 Å². The topological polar surface area (TPSA) is 66.6 Å². The van der Waals surface area contributed by atoms with E-state index in [2.05, 4.69) is 0 Å². The van der Waals surface area contributed by atoms with Gasteiger partial charge in [-0.2, -0.15) is 0 Å². The summed E-state index contributed by atoms with van der Waals surface area (Å²) >= 11 is 0. The van der Waals surface area contributed by atoms with Crippen LogP contribution in [-0.4, -0.2) is 41.7 Å². The van der Waals surface area contributed by atoms with Gasteiger partial charge in [-0.15, -0.1) is 0 Å². The van der Waals surface area contributed by atoms with Crippen LogP contribution in [0.25, 0.3) is 0 Å². The Hall–Kier alpha value is -0.610. The second-order valence-corrected chi connectivity index (χ2v) is 5.02. The van der Waals surface area contributed by atoms with Gasteiger partial charge in [-0.1, -0.05) is 0 Å². The van der Waals surface area contributed by atoms with Gasteiger partial charge in [-0.25, -0.2) is 0 Å². The van der Waals surface area contributed by atoms with Crippen LogP contribution in [0.15, 0.2) is 0 Å². The molecule has 0 aliphatic heterocycles. The van der Waals surface area contributed by atoms with Crippen LogP contribution in [-0.2, 0) is 4.79 Å². The maximum atomic E-state index is 11.9. The van der Waals surface area contributed by atoms with E-state index in [1.807, 2.05) is 6.92 Å². The molecular formula is C13H26N2O2. The number of nitrogens with zero attached hydrogens (tertiary/aromatic N) is 1. The van der Waals surface area contributed by atoms with E-state index in [0.717, 1.165) is 19.3 Å². The van der Waals surface area contributed by atoms with Gasteiger partial charge in [0.1, 0.15) is 0 Å². The summed E-state index contributed by atoms with van der Waals surface area (Å²) in [5, 5.41) is 8.85. The molecule has 1 saturated carbocycles. The first-order valence-electron chi connectivity index (χ1n) is 6.81. The third-order valence-corrected chi connectivity index (χ3v) is 3.76. The van der Waals surface area contributed by atoms with Gasteiger partial charge in [0, 0.05) is 25.6 Å². The molecule has 1 fully saturated rings. The highest BCUT2D eigenvalue weighted by atomic mass is 16.3. The Kier molecular flexibility index (Phi) is 6.52. The first-order chi connectivity index (χ1) is 8.17. The number of hydrogen-bond donors (Lipinski definition) is 2. The predicted octanol–water partition coefficient (Wildman–Crippen LogP) is 1.12. The normalized spacial score (nSPS) is 24.6. The Morgan fingerprint density at radius 3 is 2.53 bits per heavy atom. The molecule has 0 aromatic rings. The second kappa shape index (κ2) is 7.67. The van der Waals surface area contributed by atoms with Crippen LogP contribution in [0, 0.1) is 5.92 Å². The number of aliphatic hydroxyl groups is 1. The lowest BCUT2D eigenvalue weighted by Crippen LogP contribution is -2.34. The molecule has 17 heavy (non-hydrogen) atoms. The largest absolute Gasteiger partial charge is 0.395 e. The first kappa shape index (κ1) is 14.5. The third kappa shape index (κ3) is 5.04. The lowest BCUT2D eigenvalue weighted by Gasteiger charge is -2.27. The summed E-state index contributed by atoms with van der Waals surface area (Å²) in [5.41, 5.74) is 5.86. The number of hydrogen-bond acceptors (Lipinski definition) is 3. The smallest absolute Gasteiger partial charge is 0.222 e. The molecule has 100 valence electrons. The Morgan fingerprint density at radius 2 is 2.00 bits per heavy atom. The Morgan fingerprint density at radius 1 is 1.35 bits per heavy atom. The van der Waals surface area contributed by atoms with Crippen LogP contribution in [0.5, 0.6) is 0 Å². The van der Waals surface area contributed by atoms with E-state index in [4.69, 9.17) is 10.8 Å². The molecule has 1 aliphatic rings. The zero-order valence-corrected chi connectivity index (χ0v) is 10.9. The fraction of sp³-hybridized carbons (Fsp3) is 0.923. The summed E-state index contributed by atoms with van der Waals surface area (Å²) in [6.45, 7) is 3.16. The predicted molar refractivity (Wildman–Crippen MR) is 68.5 cm³/mol. The van der Waals surface area contributed by atoms with Crippen molar-refractivity contribution in [1.29, 1.82) is 0 Å². The quantitative estimate of drug-likeness (QED) is 0.733. The molecule has 1 aliphatic carbocycles. The van der Waals surface area contributed by atoms with Crippen molar-refractivity contribution in [2.24, 2.45) is 11.7 Å². The zero-order chi connectivity index (χ0) is 12.7. The van der Waals surface area contributed by atoms with Gasteiger partial charge < -0.3 is 15.7 Å². The molecule has 1 amide bonds. The molecule has 0 radical (unpaired) electrons. The van der Waals surface area contributed by atoms with Crippen molar-refractivity contribution in [3.63, 3.8) is 0 Å². The van der Waals surface area contributed by atoms with Gasteiger partial charge >= 0.3 is 0 Å². The molecule has 1 rings (SSSR count). The van der Waals surface area contributed by atoms with Crippen molar-refractivity contribution < 1.29 is 9.90 Å². The van der Waals surface area contributed by atoms with Crippen molar-refractivity contribution in [2.45, 2.75) is 51.5 Å². The summed E-state index contributed by atoms with van der Waals surface area (Å²) in [6.07, 6.45) is 6.14. The highest BCUT2D eigenvalue weighted by Crippen LogP contribution is 2.27. The lowest BCUT2D eigenvalue weighted by molar-refractivity contribution is -0.131. The van der Waals surface area contributed by atoms with Crippen LogP contribution in [0.4, 0.5) is 0 Å². The standard InChI is InChI=1S/C13H26N2O2/c1-2-15(9-10-16)13(17)8-5-11-3-6-12(14)7-4-11/h11-12,16H,2-10,14H2,1H3. The summed E-state index contributed by atoms with van der Waals surface area (Å²) in [6, 6.07) is 0.378. The molecular weight excluding hydrogens is 216 g/mol. The van der Waals surface area contributed by atoms with Crippen LogP contribution in [0.1, 0.15) is 45.4 Å². The van der Waals surface area contributed by atoms with Crippen molar-refractivity contribution in [3.8, 4) is 0 Å². The molecule has 3 N–H and O–H groups in total.